The molecule has 0 unspecified atom stereocenters. The molecule has 1 heterocycles. The number of hydrogen-bond acceptors (Lipinski definition) is 3. The monoisotopic (exact) mass is 247 g/mol. The smallest absolute Gasteiger partial charge is 0.341 e. The van der Waals surface area contributed by atoms with Gasteiger partial charge in [-0.3, -0.25) is 0 Å². The predicted molar refractivity (Wildman–Crippen MR) is 66.1 cm³/mol. The van der Waals surface area contributed by atoms with Gasteiger partial charge in [-0.15, -0.1) is 0 Å². The third-order valence-corrected chi connectivity index (χ3v) is 3.65. The minimum Gasteiger partial charge on any atom is -0.477 e. The molecule has 2 aliphatic rings. The second-order valence-electron chi connectivity index (χ2n) is 5.21. The maximum atomic E-state index is 11.2. The van der Waals surface area contributed by atoms with Crippen LogP contribution >= 0.6 is 0 Å². The number of carboxylic acids is 1. The van der Waals surface area contributed by atoms with Crippen LogP contribution in [0.1, 0.15) is 47.3 Å². The standard InChI is InChI=1S/C14H17NO3/c16-14(17)11-7-10-3-1-2-4-12(10)15-13(11)18-8-9-5-6-9/h7,9H,1-6,8H2,(H,16,17). The van der Waals surface area contributed by atoms with Crippen molar-refractivity contribution in [3.05, 3.63) is 22.9 Å². The van der Waals surface area contributed by atoms with E-state index in [0.29, 0.717) is 18.4 Å². The predicted octanol–water partition coefficient (Wildman–Crippen LogP) is 2.45. The van der Waals surface area contributed by atoms with E-state index in [2.05, 4.69) is 4.98 Å². The van der Waals surface area contributed by atoms with Crippen LogP contribution in [0.5, 0.6) is 5.88 Å². The topological polar surface area (TPSA) is 59.4 Å². The van der Waals surface area contributed by atoms with E-state index >= 15 is 0 Å². The van der Waals surface area contributed by atoms with E-state index in [9.17, 15) is 9.90 Å². The zero-order valence-corrected chi connectivity index (χ0v) is 10.3. The maximum Gasteiger partial charge on any atom is 0.341 e. The highest BCUT2D eigenvalue weighted by atomic mass is 16.5. The molecule has 3 rings (SSSR count). The Bertz CT molecular complexity index is 480. The molecule has 0 amide bonds. The van der Waals surface area contributed by atoms with Gasteiger partial charge in [-0.1, -0.05) is 0 Å². The molecule has 0 radical (unpaired) electrons. The van der Waals surface area contributed by atoms with Crippen molar-refractivity contribution in [1.29, 1.82) is 0 Å². The Balaban J connectivity index is 1.90. The highest BCUT2D eigenvalue weighted by molar-refractivity contribution is 5.90. The second kappa shape index (κ2) is 4.59. The lowest BCUT2D eigenvalue weighted by atomic mass is 9.95. The first-order valence-electron chi connectivity index (χ1n) is 6.63. The number of rotatable bonds is 4. The number of fused-ring (bicyclic) bond motifs is 1. The average Bonchev–Trinajstić information content (AvgIpc) is 3.19. The van der Waals surface area contributed by atoms with Crippen LogP contribution in [0.3, 0.4) is 0 Å². The molecule has 0 aromatic carbocycles. The Labute approximate surface area is 106 Å². The lowest BCUT2D eigenvalue weighted by Crippen LogP contribution is -2.13. The van der Waals surface area contributed by atoms with Crippen LogP contribution in [0, 0.1) is 5.92 Å². The van der Waals surface area contributed by atoms with Crippen molar-refractivity contribution in [3.63, 3.8) is 0 Å². The molecule has 1 aromatic rings. The van der Waals surface area contributed by atoms with Crippen LogP contribution in [0.4, 0.5) is 0 Å². The number of pyridine rings is 1. The van der Waals surface area contributed by atoms with Crippen LogP contribution in [0.2, 0.25) is 0 Å². The number of hydrogen-bond donors (Lipinski definition) is 1. The zero-order valence-electron chi connectivity index (χ0n) is 10.3. The van der Waals surface area contributed by atoms with Crippen molar-refractivity contribution in [2.24, 2.45) is 5.92 Å². The summed E-state index contributed by atoms with van der Waals surface area (Å²) >= 11 is 0. The fraction of sp³-hybridized carbons (Fsp3) is 0.571. The summed E-state index contributed by atoms with van der Waals surface area (Å²) < 4.78 is 5.60. The van der Waals surface area contributed by atoms with Gasteiger partial charge in [0.25, 0.3) is 0 Å². The Hall–Kier alpha value is -1.58. The Morgan fingerprint density at radius 1 is 1.39 bits per heavy atom. The van der Waals surface area contributed by atoms with Gasteiger partial charge in [0.2, 0.25) is 5.88 Å². The van der Waals surface area contributed by atoms with E-state index < -0.39 is 5.97 Å². The molecule has 0 atom stereocenters. The minimum absolute atomic E-state index is 0.219. The van der Waals surface area contributed by atoms with E-state index in [1.54, 1.807) is 6.07 Å². The van der Waals surface area contributed by atoms with Gasteiger partial charge in [-0.05, 0) is 56.1 Å². The molecule has 1 saturated carbocycles. The molecular formula is C14H17NO3. The van der Waals surface area contributed by atoms with Gasteiger partial charge in [0.1, 0.15) is 5.56 Å². The van der Waals surface area contributed by atoms with Crippen molar-refractivity contribution in [2.75, 3.05) is 6.61 Å². The van der Waals surface area contributed by atoms with Crippen LogP contribution in [-0.2, 0) is 12.8 Å². The summed E-state index contributed by atoms with van der Waals surface area (Å²) in [5, 5.41) is 9.23. The molecule has 1 aromatic heterocycles. The molecule has 0 bridgehead atoms. The highest BCUT2D eigenvalue weighted by Crippen LogP contribution is 2.31. The highest BCUT2D eigenvalue weighted by Gasteiger charge is 2.25. The third kappa shape index (κ3) is 2.33. The zero-order chi connectivity index (χ0) is 12.5. The van der Waals surface area contributed by atoms with Gasteiger partial charge in [0, 0.05) is 5.69 Å². The molecule has 1 N–H and O–H groups in total. The van der Waals surface area contributed by atoms with E-state index in [1.807, 2.05) is 0 Å². The average molecular weight is 247 g/mol. The summed E-state index contributed by atoms with van der Waals surface area (Å²) in [6, 6.07) is 1.76. The maximum absolute atomic E-state index is 11.2. The molecule has 18 heavy (non-hydrogen) atoms. The molecule has 2 aliphatic carbocycles. The molecule has 0 spiro atoms. The van der Waals surface area contributed by atoms with E-state index in [4.69, 9.17) is 4.74 Å². The van der Waals surface area contributed by atoms with Crippen molar-refractivity contribution in [3.8, 4) is 5.88 Å². The Kier molecular flexibility index (Phi) is 2.94. The van der Waals surface area contributed by atoms with Gasteiger partial charge >= 0.3 is 5.97 Å². The molecule has 4 heteroatoms. The van der Waals surface area contributed by atoms with Crippen LogP contribution in [0.25, 0.3) is 0 Å². The fourth-order valence-electron chi connectivity index (χ4n) is 2.36. The van der Waals surface area contributed by atoms with Gasteiger partial charge in [-0.25, -0.2) is 9.78 Å². The fourth-order valence-corrected chi connectivity index (χ4v) is 2.36. The SMILES string of the molecule is O=C(O)c1cc2c(nc1OCC1CC1)CCCC2. The Morgan fingerprint density at radius 2 is 2.17 bits per heavy atom. The molecule has 1 fully saturated rings. The van der Waals surface area contributed by atoms with Crippen LogP contribution < -0.4 is 4.74 Å². The number of carboxylic acid groups (broad SMARTS) is 1. The summed E-state index contributed by atoms with van der Waals surface area (Å²) in [6.07, 6.45) is 6.51. The lowest BCUT2D eigenvalue weighted by molar-refractivity contribution is 0.0690. The van der Waals surface area contributed by atoms with Gasteiger partial charge in [0.05, 0.1) is 6.61 Å². The molecule has 0 saturated heterocycles. The first kappa shape index (κ1) is 11.5. The summed E-state index contributed by atoms with van der Waals surface area (Å²) in [5.74, 6) is -0.0267. The summed E-state index contributed by atoms with van der Waals surface area (Å²) in [6.45, 7) is 0.603. The Morgan fingerprint density at radius 3 is 2.89 bits per heavy atom. The molecular weight excluding hydrogens is 230 g/mol. The number of aromatic nitrogens is 1. The van der Waals surface area contributed by atoms with E-state index in [1.165, 1.54) is 12.8 Å². The number of nitrogens with zero attached hydrogens (tertiary/aromatic N) is 1. The van der Waals surface area contributed by atoms with E-state index in [-0.39, 0.29) is 5.56 Å². The third-order valence-electron chi connectivity index (χ3n) is 3.65. The number of ether oxygens (including phenoxy) is 1. The van der Waals surface area contributed by atoms with Gasteiger partial charge < -0.3 is 9.84 Å². The lowest BCUT2D eigenvalue weighted by Gasteiger charge is -2.17. The summed E-state index contributed by atoms with van der Waals surface area (Å²) in [7, 11) is 0. The number of aromatic carboxylic acids is 1. The van der Waals surface area contributed by atoms with Gasteiger partial charge in [0.15, 0.2) is 0 Å². The first-order valence-corrected chi connectivity index (χ1v) is 6.63. The molecule has 96 valence electrons. The van der Waals surface area contributed by atoms with Crippen LogP contribution in [-0.4, -0.2) is 22.7 Å². The number of carbonyl (C=O) groups is 1. The largest absolute Gasteiger partial charge is 0.477 e. The first-order chi connectivity index (χ1) is 8.74. The summed E-state index contributed by atoms with van der Waals surface area (Å²) in [5.41, 5.74) is 2.32. The number of aryl methyl sites for hydroxylation is 2. The van der Waals surface area contributed by atoms with Crippen molar-refractivity contribution < 1.29 is 14.6 Å². The van der Waals surface area contributed by atoms with E-state index in [0.717, 1.165) is 36.9 Å². The summed E-state index contributed by atoms with van der Waals surface area (Å²) in [4.78, 5) is 15.7. The van der Waals surface area contributed by atoms with Gasteiger partial charge in [-0.2, -0.15) is 0 Å². The van der Waals surface area contributed by atoms with Crippen molar-refractivity contribution in [2.45, 2.75) is 38.5 Å². The normalized spacial score (nSPS) is 18.2. The van der Waals surface area contributed by atoms with Crippen molar-refractivity contribution in [1.82, 2.24) is 4.98 Å². The quantitative estimate of drug-likeness (QED) is 0.887. The second-order valence-corrected chi connectivity index (χ2v) is 5.21. The molecule has 4 nitrogen and oxygen atoms in total. The molecule has 0 aliphatic heterocycles. The van der Waals surface area contributed by atoms with Crippen molar-refractivity contribution >= 4 is 5.97 Å². The minimum atomic E-state index is -0.943. The van der Waals surface area contributed by atoms with Crippen LogP contribution in [0.15, 0.2) is 6.07 Å².